The lowest BCUT2D eigenvalue weighted by Crippen LogP contribution is -2.48. The molecule has 0 atom stereocenters. The summed E-state index contributed by atoms with van der Waals surface area (Å²) >= 11 is 0. The molecule has 1 fully saturated rings. The third-order valence-electron chi connectivity index (χ3n) is 3.65. The van der Waals surface area contributed by atoms with Gasteiger partial charge in [-0.25, -0.2) is 0 Å². The minimum Gasteiger partial charge on any atom is -0.317 e. The van der Waals surface area contributed by atoms with Crippen LogP contribution in [0.2, 0.25) is 0 Å². The smallest absolute Gasteiger partial charge is 0.282 e. The largest absolute Gasteiger partial charge is 0.317 e. The molecule has 0 bridgehead atoms. The van der Waals surface area contributed by atoms with E-state index in [2.05, 4.69) is 18.2 Å². The number of nitrogens with one attached hydrogen (secondary N) is 1. The number of terminal acetylenes is 1. The average molecular weight is 301 g/mol. The van der Waals surface area contributed by atoms with Crippen molar-refractivity contribution in [2.24, 2.45) is 5.92 Å². The molecular formula is C14H27N3O2S. The Morgan fingerprint density at radius 3 is 2.50 bits per heavy atom. The molecule has 6 heteroatoms. The van der Waals surface area contributed by atoms with Gasteiger partial charge in [0.1, 0.15) is 0 Å². The van der Waals surface area contributed by atoms with Crippen LogP contribution in [0.1, 0.15) is 33.1 Å². The Morgan fingerprint density at radius 1 is 1.35 bits per heavy atom. The highest BCUT2D eigenvalue weighted by Gasteiger charge is 2.31. The van der Waals surface area contributed by atoms with Crippen LogP contribution in [0.5, 0.6) is 0 Å². The fraction of sp³-hybridized carbons (Fsp3) is 0.857. The van der Waals surface area contributed by atoms with Crippen LogP contribution in [0.15, 0.2) is 0 Å². The van der Waals surface area contributed by atoms with Crippen molar-refractivity contribution in [3.8, 4) is 12.3 Å². The lowest BCUT2D eigenvalue weighted by molar-refractivity contribution is 0.252. The fourth-order valence-electron chi connectivity index (χ4n) is 2.48. The monoisotopic (exact) mass is 301 g/mol. The van der Waals surface area contributed by atoms with Gasteiger partial charge in [0, 0.05) is 19.6 Å². The molecule has 1 saturated heterocycles. The lowest BCUT2D eigenvalue weighted by atomic mass is 9.98. The molecule has 0 spiro atoms. The Balaban J connectivity index is 2.59. The summed E-state index contributed by atoms with van der Waals surface area (Å²) in [4.78, 5) is 0. The lowest BCUT2D eigenvalue weighted by Gasteiger charge is -2.34. The van der Waals surface area contributed by atoms with E-state index in [0.717, 1.165) is 32.4 Å². The van der Waals surface area contributed by atoms with Gasteiger partial charge in [0.25, 0.3) is 10.2 Å². The first-order valence-corrected chi connectivity index (χ1v) is 8.85. The third-order valence-corrected chi connectivity index (χ3v) is 5.63. The van der Waals surface area contributed by atoms with Gasteiger partial charge < -0.3 is 5.32 Å². The van der Waals surface area contributed by atoms with Gasteiger partial charge in [0.05, 0.1) is 6.54 Å². The van der Waals surface area contributed by atoms with Gasteiger partial charge in [0.15, 0.2) is 0 Å². The second-order valence-corrected chi connectivity index (χ2v) is 7.12. The Hall–Kier alpha value is -0.610. The highest BCUT2D eigenvalue weighted by molar-refractivity contribution is 7.86. The van der Waals surface area contributed by atoms with Crippen LogP contribution in [0.25, 0.3) is 0 Å². The highest BCUT2D eigenvalue weighted by atomic mass is 32.2. The Bertz CT molecular complexity index is 409. The maximum absolute atomic E-state index is 12.5. The number of nitrogens with zero attached hydrogens (tertiary/aromatic N) is 2. The SMILES string of the molecule is C#CCN(CCC)S(=O)(=O)N1CCC(CNCC)CC1. The zero-order valence-electron chi connectivity index (χ0n) is 12.6. The Kier molecular flexibility index (Phi) is 7.52. The van der Waals surface area contributed by atoms with E-state index in [1.807, 2.05) is 6.92 Å². The summed E-state index contributed by atoms with van der Waals surface area (Å²) in [6, 6.07) is 0. The van der Waals surface area contributed by atoms with Gasteiger partial charge in [-0.1, -0.05) is 19.8 Å². The van der Waals surface area contributed by atoms with Gasteiger partial charge >= 0.3 is 0 Å². The van der Waals surface area contributed by atoms with Crippen molar-refractivity contribution in [3.63, 3.8) is 0 Å². The average Bonchev–Trinajstić information content (AvgIpc) is 2.45. The number of piperidine rings is 1. The summed E-state index contributed by atoms with van der Waals surface area (Å²) in [5, 5.41) is 3.33. The first-order chi connectivity index (χ1) is 9.56. The first-order valence-electron chi connectivity index (χ1n) is 7.45. The first kappa shape index (κ1) is 17.4. The molecule has 0 amide bonds. The van der Waals surface area contributed by atoms with Crippen molar-refractivity contribution >= 4 is 10.2 Å². The van der Waals surface area contributed by atoms with Gasteiger partial charge in [-0.2, -0.15) is 17.0 Å². The third kappa shape index (κ3) is 4.74. The molecule has 1 rings (SSSR count). The van der Waals surface area contributed by atoms with E-state index < -0.39 is 10.2 Å². The minimum absolute atomic E-state index is 0.160. The normalized spacial score (nSPS) is 18.3. The van der Waals surface area contributed by atoms with Crippen LogP contribution in [0.3, 0.4) is 0 Å². The van der Waals surface area contributed by atoms with Crippen LogP contribution < -0.4 is 5.32 Å². The molecule has 1 N–H and O–H groups in total. The molecule has 0 aliphatic carbocycles. The molecule has 0 radical (unpaired) electrons. The summed E-state index contributed by atoms with van der Waals surface area (Å²) in [6.07, 6.45) is 7.89. The van der Waals surface area contributed by atoms with E-state index in [0.29, 0.717) is 25.6 Å². The van der Waals surface area contributed by atoms with E-state index in [4.69, 9.17) is 6.42 Å². The van der Waals surface area contributed by atoms with E-state index in [1.165, 1.54) is 4.31 Å². The quantitative estimate of drug-likeness (QED) is 0.678. The molecule has 20 heavy (non-hydrogen) atoms. The molecule has 0 aromatic carbocycles. The second-order valence-electron chi connectivity index (χ2n) is 5.20. The van der Waals surface area contributed by atoms with E-state index in [9.17, 15) is 8.42 Å². The van der Waals surface area contributed by atoms with Gasteiger partial charge in [0.2, 0.25) is 0 Å². The maximum atomic E-state index is 12.5. The van der Waals surface area contributed by atoms with Crippen molar-refractivity contribution in [1.29, 1.82) is 0 Å². The number of hydrogen-bond acceptors (Lipinski definition) is 3. The van der Waals surface area contributed by atoms with Crippen LogP contribution in [0, 0.1) is 18.3 Å². The molecule has 1 aliphatic rings. The molecule has 5 nitrogen and oxygen atoms in total. The standard InChI is InChI=1S/C14H27N3O2S/c1-4-9-16(10-5-2)20(18,19)17-11-7-14(8-12-17)13-15-6-3/h1,14-15H,5-13H2,2-3H3. The van der Waals surface area contributed by atoms with Crippen molar-refractivity contribution < 1.29 is 8.42 Å². The molecule has 0 unspecified atom stereocenters. The van der Waals surface area contributed by atoms with Gasteiger partial charge in [-0.3, -0.25) is 0 Å². The van der Waals surface area contributed by atoms with Gasteiger partial charge in [-0.05, 0) is 38.3 Å². The minimum atomic E-state index is -3.39. The van der Waals surface area contributed by atoms with Gasteiger partial charge in [-0.15, -0.1) is 6.42 Å². The summed E-state index contributed by atoms with van der Waals surface area (Å²) < 4.78 is 28.1. The Labute approximate surface area is 123 Å². The second kappa shape index (κ2) is 8.63. The summed E-state index contributed by atoms with van der Waals surface area (Å²) in [6.45, 7) is 7.84. The van der Waals surface area contributed by atoms with Crippen LogP contribution in [-0.2, 0) is 10.2 Å². The molecule has 116 valence electrons. The zero-order chi connectivity index (χ0) is 15.0. The summed E-state index contributed by atoms with van der Waals surface area (Å²) in [5.41, 5.74) is 0. The summed E-state index contributed by atoms with van der Waals surface area (Å²) in [7, 11) is -3.39. The fourth-order valence-corrected chi connectivity index (χ4v) is 4.13. The number of rotatable bonds is 8. The zero-order valence-corrected chi connectivity index (χ0v) is 13.5. The van der Waals surface area contributed by atoms with Crippen LogP contribution in [0.4, 0.5) is 0 Å². The predicted molar refractivity (Wildman–Crippen MR) is 82.5 cm³/mol. The Morgan fingerprint density at radius 2 is 2.00 bits per heavy atom. The predicted octanol–water partition coefficient (Wildman–Crippen LogP) is 0.898. The highest BCUT2D eigenvalue weighted by Crippen LogP contribution is 2.21. The van der Waals surface area contributed by atoms with E-state index in [-0.39, 0.29) is 6.54 Å². The molecule has 1 heterocycles. The van der Waals surface area contributed by atoms with Crippen LogP contribution >= 0.6 is 0 Å². The molecule has 0 aromatic rings. The topological polar surface area (TPSA) is 52.7 Å². The molecule has 0 saturated carbocycles. The van der Waals surface area contributed by atoms with Crippen molar-refractivity contribution in [3.05, 3.63) is 0 Å². The van der Waals surface area contributed by atoms with Crippen molar-refractivity contribution in [2.75, 3.05) is 39.3 Å². The van der Waals surface area contributed by atoms with E-state index >= 15 is 0 Å². The van der Waals surface area contributed by atoms with E-state index in [1.54, 1.807) is 4.31 Å². The molecular weight excluding hydrogens is 274 g/mol. The van der Waals surface area contributed by atoms with Crippen molar-refractivity contribution in [2.45, 2.75) is 33.1 Å². The van der Waals surface area contributed by atoms with Crippen molar-refractivity contribution in [1.82, 2.24) is 13.9 Å². The van der Waals surface area contributed by atoms with Crippen LogP contribution in [-0.4, -0.2) is 56.3 Å². The summed E-state index contributed by atoms with van der Waals surface area (Å²) in [5.74, 6) is 3.02. The molecule has 1 aliphatic heterocycles. The molecule has 0 aromatic heterocycles. The maximum Gasteiger partial charge on any atom is 0.282 e. The number of hydrogen-bond donors (Lipinski definition) is 1.